The maximum absolute atomic E-state index is 12.8. The SMILES string of the molecule is Cc1ccc([N+](=O)[O-])cc1S(=O)(=O)Nc1ccc2c(c1)N(C)C(=O)C(C)(C)CO2. The number of benzene rings is 2. The zero-order valence-electron chi connectivity index (χ0n) is 16.4. The molecule has 29 heavy (non-hydrogen) atoms. The lowest BCUT2D eigenvalue weighted by Crippen LogP contribution is -2.39. The molecule has 1 aliphatic rings. The van der Waals surface area contributed by atoms with Crippen LogP contribution < -0.4 is 14.4 Å². The molecule has 0 saturated carbocycles. The quantitative estimate of drug-likeness (QED) is 0.601. The van der Waals surface area contributed by atoms with E-state index in [4.69, 9.17) is 4.74 Å². The number of ether oxygens (including phenoxy) is 1. The van der Waals surface area contributed by atoms with Gasteiger partial charge in [-0.1, -0.05) is 6.07 Å². The van der Waals surface area contributed by atoms with Crippen molar-refractivity contribution in [2.75, 3.05) is 23.3 Å². The van der Waals surface area contributed by atoms with E-state index < -0.39 is 20.4 Å². The third-order valence-electron chi connectivity index (χ3n) is 4.72. The van der Waals surface area contributed by atoms with E-state index in [1.54, 1.807) is 33.9 Å². The van der Waals surface area contributed by atoms with Crippen molar-refractivity contribution in [3.63, 3.8) is 0 Å². The number of amides is 1. The van der Waals surface area contributed by atoms with Crippen LogP contribution in [0.3, 0.4) is 0 Å². The number of nitro benzene ring substituents is 1. The number of fused-ring (bicyclic) bond motifs is 1. The van der Waals surface area contributed by atoms with Gasteiger partial charge >= 0.3 is 0 Å². The monoisotopic (exact) mass is 419 g/mol. The molecule has 0 aliphatic carbocycles. The van der Waals surface area contributed by atoms with Crippen LogP contribution in [0.5, 0.6) is 5.75 Å². The Kier molecular flexibility index (Phi) is 4.99. The molecule has 1 amide bonds. The van der Waals surface area contributed by atoms with Crippen molar-refractivity contribution in [1.82, 2.24) is 0 Å². The number of nitrogens with zero attached hydrogens (tertiary/aromatic N) is 2. The molecule has 2 aromatic carbocycles. The minimum Gasteiger partial charge on any atom is -0.490 e. The number of nitrogens with one attached hydrogen (secondary N) is 1. The van der Waals surface area contributed by atoms with Crippen LogP contribution in [0, 0.1) is 22.5 Å². The number of carbonyl (C=O) groups excluding carboxylic acids is 1. The molecule has 0 spiro atoms. The van der Waals surface area contributed by atoms with E-state index in [1.807, 2.05) is 0 Å². The summed E-state index contributed by atoms with van der Waals surface area (Å²) in [7, 11) is -2.49. The molecule has 1 aliphatic heterocycles. The van der Waals surface area contributed by atoms with Crippen molar-refractivity contribution in [1.29, 1.82) is 0 Å². The first-order valence-corrected chi connectivity index (χ1v) is 10.2. The predicted octanol–water partition coefficient (Wildman–Crippen LogP) is 3.09. The first-order chi connectivity index (χ1) is 13.4. The van der Waals surface area contributed by atoms with Crippen molar-refractivity contribution in [3.8, 4) is 5.75 Å². The number of hydrogen-bond acceptors (Lipinski definition) is 6. The fourth-order valence-corrected chi connectivity index (χ4v) is 4.37. The summed E-state index contributed by atoms with van der Waals surface area (Å²) < 4.78 is 33.8. The van der Waals surface area contributed by atoms with Gasteiger partial charge in [0.25, 0.3) is 15.7 Å². The van der Waals surface area contributed by atoms with Gasteiger partial charge in [-0.3, -0.25) is 19.6 Å². The summed E-state index contributed by atoms with van der Waals surface area (Å²) >= 11 is 0. The van der Waals surface area contributed by atoms with E-state index >= 15 is 0 Å². The number of sulfonamides is 1. The minimum atomic E-state index is -4.09. The van der Waals surface area contributed by atoms with Crippen LogP contribution in [0.4, 0.5) is 17.1 Å². The highest BCUT2D eigenvalue weighted by Gasteiger charge is 2.36. The molecule has 0 aromatic heterocycles. The Morgan fingerprint density at radius 1 is 1.21 bits per heavy atom. The van der Waals surface area contributed by atoms with E-state index in [0.29, 0.717) is 17.0 Å². The lowest BCUT2D eigenvalue weighted by molar-refractivity contribution is -0.385. The Hall–Kier alpha value is -3.14. The Bertz CT molecular complexity index is 1110. The number of carbonyl (C=O) groups is 1. The molecule has 9 nitrogen and oxygen atoms in total. The molecular formula is C19H21N3O6S. The van der Waals surface area contributed by atoms with Gasteiger partial charge < -0.3 is 9.64 Å². The molecule has 154 valence electrons. The van der Waals surface area contributed by atoms with Crippen LogP contribution in [0.2, 0.25) is 0 Å². The average molecular weight is 419 g/mol. The second kappa shape index (κ2) is 7.03. The second-order valence-corrected chi connectivity index (χ2v) is 9.18. The highest BCUT2D eigenvalue weighted by atomic mass is 32.2. The predicted molar refractivity (Wildman–Crippen MR) is 108 cm³/mol. The van der Waals surface area contributed by atoms with Crippen LogP contribution in [0.15, 0.2) is 41.3 Å². The van der Waals surface area contributed by atoms with Crippen molar-refractivity contribution in [3.05, 3.63) is 52.1 Å². The van der Waals surface area contributed by atoms with Gasteiger partial charge in [-0.25, -0.2) is 8.42 Å². The first-order valence-electron chi connectivity index (χ1n) is 8.75. The van der Waals surface area contributed by atoms with Gasteiger partial charge in [0.15, 0.2) is 0 Å². The molecule has 3 rings (SSSR count). The molecule has 1 N–H and O–H groups in total. The first kappa shape index (κ1) is 20.6. The normalized spacial score (nSPS) is 15.9. The van der Waals surface area contributed by atoms with Gasteiger partial charge in [-0.2, -0.15) is 0 Å². The number of rotatable bonds is 4. The summed E-state index contributed by atoms with van der Waals surface area (Å²) in [5, 5.41) is 11.0. The van der Waals surface area contributed by atoms with Crippen molar-refractivity contribution in [2.24, 2.45) is 5.41 Å². The molecule has 0 radical (unpaired) electrons. The zero-order chi connectivity index (χ0) is 21.6. The summed E-state index contributed by atoms with van der Waals surface area (Å²) in [6.07, 6.45) is 0. The highest BCUT2D eigenvalue weighted by Crippen LogP contribution is 2.38. The van der Waals surface area contributed by atoms with Gasteiger partial charge in [-0.15, -0.1) is 0 Å². The molecule has 2 aromatic rings. The van der Waals surface area contributed by atoms with Gasteiger partial charge in [0, 0.05) is 19.2 Å². The average Bonchev–Trinajstić information content (AvgIpc) is 2.72. The van der Waals surface area contributed by atoms with E-state index in [0.717, 1.165) is 6.07 Å². The summed E-state index contributed by atoms with van der Waals surface area (Å²) in [5.41, 5.74) is -0.0451. The molecule has 0 atom stereocenters. The topological polar surface area (TPSA) is 119 Å². The number of anilines is 2. The van der Waals surface area contributed by atoms with Gasteiger partial charge in [-0.05, 0) is 44.5 Å². The molecular weight excluding hydrogens is 398 g/mol. The Balaban J connectivity index is 1.98. The summed E-state index contributed by atoms with van der Waals surface area (Å²) in [4.78, 5) is 24.2. The number of nitro groups is 1. The van der Waals surface area contributed by atoms with Crippen molar-refractivity contribution < 1.29 is 22.9 Å². The third-order valence-corrected chi connectivity index (χ3v) is 6.24. The fourth-order valence-electron chi connectivity index (χ4n) is 3.05. The molecule has 0 unspecified atom stereocenters. The van der Waals surface area contributed by atoms with Crippen molar-refractivity contribution >= 4 is 33.0 Å². The van der Waals surface area contributed by atoms with Crippen molar-refractivity contribution in [2.45, 2.75) is 25.7 Å². The Morgan fingerprint density at radius 2 is 1.90 bits per heavy atom. The second-order valence-electron chi connectivity index (χ2n) is 7.53. The fraction of sp³-hybridized carbons (Fsp3) is 0.316. The van der Waals surface area contributed by atoms with Crippen LogP contribution >= 0.6 is 0 Å². The number of aryl methyl sites for hydroxylation is 1. The molecule has 10 heteroatoms. The maximum Gasteiger partial charge on any atom is 0.270 e. The summed E-state index contributed by atoms with van der Waals surface area (Å²) in [5.74, 6) is 0.298. The van der Waals surface area contributed by atoms with Gasteiger partial charge in [0.05, 0.1) is 26.6 Å². The van der Waals surface area contributed by atoms with Gasteiger partial charge in [0.1, 0.15) is 12.4 Å². The number of hydrogen-bond donors (Lipinski definition) is 1. The molecule has 0 bridgehead atoms. The summed E-state index contributed by atoms with van der Waals surface area (Å²) in [6, 6.07) is 8.24. The van der Waals surface area contributed by atoms with E-state index in [-0.39, 0.29) is 28.8 Å². The van der Waals surface area contributed by atoms with E-state index in [1.165, 1.54) is 29.2 Å². The zero-order valence-corrected chi connectivity index (χ0v) is 17.2. The smallest absolute Gasteiger partial charge is 0.270 e. The molecule has 1 heterocycles. The third kappa shape index (κ3) is 3.88. The highest BCUT2D eigenvalue weighted by molar-refractivity contribution is 7.92. The van der Waals surface area contributed by atoms with Crippen LogP contribution in [0.25, 0.3) is 0 Å². The largest absolute Gasteiger partial charge is 0.490 e. The van der Waals surface area contributed by atoms with E-state index in [9.17, 15) is 23.3 Å². The van der Waals surface area contributed by atoms with Gasteiger partial charge in [0.2, 0.25) is 5.91 Å². The molecule has 0 saturated heterocycles. The van der Waals surface area contributed by atoms with E-state index in [2.05, 4.69) is 4.72 Å². The molecule has 0 fully saturated rings. The standard InChI is InChI=1S/C19H21N3O6S/c1-12-5-7-14(22(24)25)10-17(12)29(26,27)20-13-6-8-16-15(9-13)21(4)18(23)19(2,3)11-28-16/h5-10,20H,11H2,1-4H3. The van der Waals surface area contributed by atoms with Crippen LogP contribution in [0.1, 0.15) is 19.4 Å². The van der Waals surface area contributed by atoms with Crippen LogP contribution in [-0.4, -0.2) is 32.9 Å². The maximum atomic E-state index is 12.8. The lowest BCUT2D eigenvalue weighted by Gasteiger charge is -2.24. The Morgan fingerprint density at radius 3 is 2.55 bits per heavy atom. The van der Waals surface area contributed by atoms with Crippen LogP contribution in [-0.2, 0) is 14.8 Å². The lowest BCUT2D eigenvalue weighted by atomic mass is 9.93. The summed E-state index contributed by atoms with van der Waals surface area (Å²) in [6.45, 7) is 5.29. The Labute approximate surface area is 168 Å². The minimum absolute atomic E-state index is 0.161. The number of non-ortho nitro benzene ring substituents is 1.